The number of likely N-dealkylation sites (N-methyl/N-ethyl adjacent to an activating group) is 1. The van der Waals surface area contributed by atoms with Crippen LogP contribution in [-0.4, -0.2) is 21.5 Å². The standard InChI is InChI=1S/C12H16N2O2S3/c1-2-13-7-5-11-3-4-12(18-11)19(15,16)14-10-6-8-17-9-10/h3-4,6,8-9,13-14H,2,5,7H2,1H3. The van der Waals surface area contributed by atoms with Gasteiger partial charge in [0.05, 0.1) is 5.69 Å². The van der Waals surface area contributed by atoms with Crippen molar-refractivity contribution in [3.8, 4) is 0 Å². The third-order valence-corrected chi connectivity index (χ3v) is 6.17. The molecule has 104 valence electrons. The molecule has 2 heterocycles. The Bertz CT molecular complexity index is 603. The van der Waals surface area contributed by atoms with Gasteiger partial charge >= 0.3 is 0 Å². The van der Waals surface area contributed by atoms with Gasteiger partial charge in [0, 0.05) is 10.3 Å². The van der Waals surface area contributed by atoms with Crippen LogP contribution in [0.1, 0.15) is 11.8 Å². The van der Waals surface area contributed by atoms with Crippen LogP contribution in [0.4, 0.5) is 5.69 Å². The zero-order valence-corrected chi connectivity index (χ0v) is 13.0. The fourth-order valence-electron chi connectivity index (χ4n) is 1.55. The van der Waals surface area contributed by atoms with Crippen LogP contribution in [0.25, 0.3) is 0 Å². The monoisotopic (exact) mass is 316 g/mol. The minimum atomic E-state index is -3.44. The van der Waals surface area contributed by atoms with E-state index in [0.29, 0.717) is 9.90 Å². The third kappa shape index (κ3) is 4.04. The summed E-state index contributed by atoms with van der Waals surface area (Å²) in [4.78, 5) is 1.08. The molecule has 0 atom stereocenters. The number of sulfonamides is 1. The van der Waals surface area contributed by atoms with Gasteiger partial charge in [0.25, 0.3) is 10.0 Å². The highest BCUT2D eigenvalue weighted by Gasteiger charge is 2.16. The van der Waals surface area contributed by atoms with Crippen molar-refractivity contribution in [3.05, 3.63) is 33.8 Å². The first kappa shape index (κ1) is 14.5. The molecule has 0 fully saturated rings. The summed E-state index contributed by atoms with van der Waals surface area (Å²) in [7, 11) is -3.44. The van der Waals surface area contributed by atoms with Crippen LogP contribution in [0, 0.1) is 0 Å². The van der Waals surface area contributed by atoms with Crippen LogP contribution >= 0.6 is 22.7 Å². The maximum atomic E-state index is 12.1. The number of rotatable bonds is 7. The van der Waals surface area contributed by atoms with Crippen LogP contribution in [0.15, 0.2) is 33.2 Å². The molecule has 7 heteroatoms. The number of nitrogens with one attached hydrogen (secondary N) is 2. The van der Waals surface area contributed by atoms with Gasteiger partial charge in [0.2, 0.25) is 0 Å². The molecule has 4 nitrogen and oxygen atoms in total. The Kier molecular flexibility index (Phi) is 4.98. The van der Waals surface area contributed by atoms with Gasteiger partial charge in [-0.05, 0) is 43.1 Å². The summed E-state index contributed by atoms with van der Waals surface area (Å²) in [5.41, 5.74) is 0.618. The van der Waals surface area contributed by atoms with Crippen LogP contribution in [0.5, 0.6) is 0 Å². The van der Waals surface area contributed by atoms with Crippen molar-refractivity contribution in [2.24, 2.45) is 0 Å². The molecule has 0 unspecified atom stereocenters. The second-order valence-corrected chi connectivity index (χ2v) is 7.80. The predicted octanol–water partition coefficient (Wildman–Crippen LogP) is 2.76. The second-order valence-electron chi connectivity index (χ2n) is 3.94. The molecular formula is C12H16N2O2S3. The topological polar surface area (TPSA) is 58.2 Å². The smallest absolute Gasteiger partial charge is 0.271 e. The van der Waals surface area contributed by atoms with Crippen molar-refractivity contribution in [3.63, 3.8) is 0 Å². The molecule has 19 heavy (non-hydrogen) atoms. The number of thiophene rings is 2. The highest BCUT2D eigenvalue weighted by Crippen LogP contribution is 2.25. The SMILES string of the molecule is CCNCCc1ccc(S(=O)(=O)Nc2ccsc2)s1. The van der Waals surface area contributed by atoms with Crippen molar-refractivity contribution in [2.45, 2.75) is 17.6 Å². The molecule has 2 N–H and O–H groups in total. The number of hydrogen-bond donors (Lipinski definition) is 2. The van der Waals surface area contributed by atoms with E-state index >= 15 is 0 Å². The van der Waals surface area contributed by atoms with E-state index in [1.54, 1.807) is 17.5 Å². The lowest BCUT2D eigenvalue weighted by molar-refractivity contribution is 0.603. The molecular weight excluding hydrogens is 300 g/mol. The molecule has 2 aromatic heterocycles. The van der Waals surface area contributed by atoms with Crippen molar-refractivity contribution in [1.29, 1.82) is 0 Å². The zero-order chi connectivity index (χ0) is 13.7. The van der Waals surface area contributed by atoms with Gasteiger partial charge in [-0.3, -0.25) is 4.72 Å². The molecule has 0 spiro atoms. The van der Waals surface area contributed by atoms with E-state index < -0.39 is 10.0 Å². The maximum absolute atomic E-state index is 12.1. The third-order valence-electron chi connectivity index (χ3n) is 2.47. The molecule has 0 amide bonds. The van der Waals surface area contributed by atoms with Crippen molar-refractivity contribution < 1.29 is 8.42 Å². The molecule has 2 rings (SSSR count). The second kappa shape index (κ2) is 6.51. The molecule has 0 bridgehead atoms. The van der Waals surface area contributed by atoms with E-state index in [1.165, 1.54) is 22.7 Å². The Balaban J connectivity index is 2.04. The molecule has 0 aromatic carbocycles. The van der Waals surface area contributed by atoms with Crippen LogP contribution in [-0.2, 0) is 16.4 Å². The summed E-state index contributed by atoms with van der Waals surface area (Å²) < 4.78 is 27.2. The van der Waals surface area contributed by atoms with Gasteiger partial charge < -0.3 is 5.32 Å². The number of hydrogen-bond acceptors (Lipinski definition) is 5. The van der Waals surface area contributed by atoms with Crippen molar-refractivity contribution in [2.75, 3.05) is 17.8 Å². The Morgan fingerprint density at radius 3 is 2.79 bits per heavy atom. The molecule has 0 aliphatic carbocycles. The van der Waals surface area contributed by atoms with E-state index in [-0.39, 0.29) is 0 Å². The minimum absolute atomic E-state index is 0.366. The summed E-state index contributed by atoms with van der Waals surface area (Å²) in [5, 5.41) is 6.84. The van der Waals surface area contributed by atoms with Crippen molar-refractivity contribution >= 4 is 38.4 Å². The van der Waals surface area contributed by atoms with E-state index in [1.807, 2.05) is 11.4 Å². The van der Waals surface area contributed by atoms with Crippen LogP contribution < -0.4 is 10.0 Å². The van der Waals surface area contributed by atoms with E-state index in [9.17, 15) is 8.42 Å². The summed E-state index contributed by atoms with van der Waals surface area (Å²) >= 11 is 2.79. The van der Waals surface area contributed by atoms with Crippen molar-refractivity contribution in [1.82, 2.24) is 5.32 Å². The molecule has 2 aromatic rings. The molecule has 0 saturated carbocycles. The van der Waals surface area contributed by atoms with Gasteiger partial charge in [-0.2, -0.15) is 11.3 Å². The lowest BCUT2D eigenvalue weighted by Gasteiger charge is -2.03. The number of anilines is 1. The average Bonchev–Trinajstić information content (AvgIpc) is 3.00. The van der Waals surface area contributed by atoms with Gasteiger partial charge in [0.15, 0.2) is 0 Å². The summed E-state index contributed by atoms with van der Waals surface area (Å²) in [6.45, 7) is 3.85. The molecule has 0 saturated heterocycles. The first-order valence-electron chi connectivity index (χ1n) is 5.96. The highest BCUT2D eigenvalue weighted by molar-refractivity contribution is 7.94. The average molecular weight is 316 g/mol. The Morgan fingerprint density at radius 2 is 2.11 bits per heavy atom. The van der Waals surface area contributed by atoms with Gasteiger partial charge in [-0.1, -0.05) is 6.92 Å². The summed E-state index contributed by atoms with van der Waals surface area (Å²) in [6.07, 6.45) is 0.854. The normalized spacial score (nSPS) is 11.6. The van der Waals surface area contributed by atoms with E-state index in [4.69, 9.17) is 0 Å². The minimum Gasteiger partial charge on any atom is -0.317 e. The van der Waals surface area contributed by atoms with E-state index in [0.717, 1.165) is 24.4 Å². The predicted molar refractivity (Wildman–Crippen MR) is 81.7 cm³/mol. The van der Waals surface area contributed by atoms with Gasteiger partial charge in [0.1, 0.15) is 4.21 Å². The Morgan fingerprint density at radius 1 is 1.26 bits per heavy atom. The first-order valence-corrected chi connectivity index (χ1v) is 9.20. The fraction of sp³-hybridized carbons (Fsp3) is 0.333. The Labute approximate surface area is 121 Å². The van der Waals surface area contributed by atoms with Gasteiger partial charge in [-0.15, -0.1) is 11.3 Å². The van der Waals surface area contributed by atoms with Crippen LogP contribution in [0.2, 0.25) is 0 Å². The van der Waals surface area contributed by atoms with Gasteiger partial charge in [-0.25, -0.2) is 8.42 Å². The zero-order valence-electron chi connectivity index (χ0n) is 10.5. The largest absolute Gasteiger partial charge is 0.317 e. The van der Waals surface area contributed by atoms with E-state index in [2.05, 4.69) is 17.0 Å². The lowest BCUT2D eigenvalue weighted by atomic mass is 10.3. The Hall–Kier alpha value is -0.890. The highest BCUT2D eigenvalue weighted by atomic mass is 32.2. The maximum Gasteiger partial charge on any atom is 0.271 e. The molecule has 0 aliphatic rings. The summed E-state index contributed by atoms with van der Waals surface area (Å²) in [5.74, 6) is 0. The van der Waals surface area contributed by atoms with Crippen LogP contribution in [0.3, 0.4) is 0 Å². The quantitative estimate of drug-likeness (QED) is 0.772. The molecule has 0 aliphatic heterocycles. The fourth-order valence-corrected chi connectivity index (χ4v) is 4.62. The summed E-state index contributed by atoms with van der Waals surface area (Å²) in [6, 6.07) is 5.30. The first-order chi connectivity index (χ1) is 9.12. The lowest BCUT2D eigenvalue weighted by Crippen LogP contribution is -2.15. The molecule has 0 radical (unpaired) electrons.